The van der Waals surface area contributed by atoms with E-state index < -0.39 is 29.2 Å². The molecule has 1 aliphatic heterocycles. The number of benzene rings is 1. The van der Waals surface area contributed by atoms with E-state index in [2.05, 4.69) is 11.9 Å². The third kappa shape index (κ3) is 2.81. The molecule has 1 aromatic rings. The molecule has 1 heterocycles. The van der Waals surface area contributed by atoms with Crippen LogP contribution >= 0.6 is 0 Å². The molecule has 6 heteroatoms. The van der Waals surface area contributed by atoms with E-state index in [1.807, 2.05) is 4.90 Å². The summed E-state index contributed by atoms with van der Waals surface area (Å²) in [6, 6.07) is 0.0659. The van der Waals surface area contributed by atoms with Gasteiger partial charge in [0.2, 0.25) is 0 Å². The van der Waals surface area contributed by atoms with Crippen LogP contribution in [0.4, 0.5) is 13.2 Å². The summed E-state index contributed by atoms with van der Waals surface area (Å²) >= 11 is 0. The normalized spacial score (nSPS) is 17.9. The van der Waals surface area contributed by atoms with Crippen LogP contribution in [-0.2, 0) is 0 Å². The summed E-state index contributed by atoms with van der Waals surface area (Å²) in [6.45, 7) is 6.32. The Morgan fingerprint density at radius 1 is 1.30 bits per heavy atom. The van der Waals surface area contributed by atoms with E-state index in [0.29, 0.717) is 25.6 Å². The van der Waals surface area contributed by atoms with Crippen molar-refractivity contribution >= 4 is 0 Å². The molecule has 3 nitrogen and oxygen atoms in total. The third-order valence-corrected chi connectivity index (χ3v) is 3.49. The zero-order valence-electron chi connectivity index (χ0n) is 11.0. The number of nitrogens with zero attached hydrogens (tertiary/aromatic N) is 1. The lowest BCUT2D eigenvalue weighted by atomic mass is 9.99. The van der Waals surface area contributed by atoms with E-state index in [9.17, 15) is 18.3 Å². The minimum Gasteiger partial charge on any atom is -0.507 e. The van der Waals surface area contributed by atoms with E-state index in [0.717, 1.165) is 13.1 Å². The number of hydrogen-bond donors (Lipinski definition) is 2. The molecule has 0 aliphatic carbocycles. The Hall–Kier alpha value is -1.53. The Kier molecular flexibility index (Phi) is 4.67. The first kappa shape index (κ1) is 14.9. The number of halogens is 3. The maximum atomic E-state index is 14.0. The molecule has 1 fully saturated rings. The van der Waals surface area contributed by atoms with Crippen LogP contribution in [0, 0.1) is 17.5 Å². The van der Waals surface area contributed by atoms with Crippen LogP contribution in [-0.4, -0.2) is 36.2 Å². The van der Waals surface area contributed by atoms with Crippen molar-refractivity contribution in [3.63, 3.8) is 0 Å². The van der Waals surface area contributed by atoms with Gasteiger partial charge in [0.15, 0.2) is 17.5 Å². The number of hydrogen-bond acceptors (Lipinski definition) is 3. The van der Waals surface area contributed by atoms with Crippen molar-refractivity contribution in [2.75, 3.05) is 26.2 Å². The predicted octanol–water partition coefficient (Wildman–Crippen LogP) is 2.33. The van der Waals surface area contributed by atoms with E-state index in [4.69, 9.17) is 0 Å². The van der Waals surface area contributed by atoms with Gasteiger partial charge in [0.25, 0.3) is 0 Å². The van der Waals surface area contributed by atoms with Crippen molar-refractivity contribution in [2.45, 2.75) is 12.5 Å². The molecular weight excluding hydrogens is 269 g/mol. The molecule has 20 heavy (non-hydrogen) atoms. The quantitative estimate of drug-likeness (QED) is 0.659. The average Bonchev–Trinajstić information content (AvgIpc) is 2.45. The first-order chi connectivity index (χ1) is 9.56. The third-order valence-electron chi connectivity index (χ3n) is 3.49. The zero-order valence-corrected chi connectivity index (χ0v) is 11.0. The van der Waals surface area contributed by atoms with E-state index in [1.54, 1.807) is 6.08 Å². The van der Waals surface area contributed by atoms with Gasteiger partial charge in [-0.1, -0.05) is 6.08 Å². The summed E-state index contributed by atoms with van der Waals surface area (Å²) in [5.41, 5.74) is -0.203. The smallest absolute Gasteiger partial charge is 0.195 e. The van der Waals surface area contributed by atoms with E-state index in [-0.39, 0.29) is 5.56 Å². The first-order valence-corrected chi connectivity index (χ1v) is 6.48. The van der Waals surface area contributed by atoms with Crippen LogP contribution in [0.25, 0.3) is 0 Å². The molecule has 1 aromatic carbocycles. The molecule has 2 rings (SSSR count). The maximum Gasteiger partial charge on any atom is 0.195 e. The second-order valence-corrected chi connectivity index (χ2v) is 4.75. The van der Waals surface area contributed by atoms with Crippen molar-refractivity contribution in [1.29, 1.82) is 0 Å². The molecule has 0 bridgehead atoms. The van der Waals surface area contributed by atoms with Gasteiger partial charge in [0, 0.05) is 38.3 Å². The molecule has 1 saturated heterocycles. The number of piperazine rings is 1. The molecule has 1 aliphatic rings. The Labute approximate surface area is 115 Å². The molecule has 110 valence electrons. The highest BCUT2D eigenvalue weighted by Gasteiger charge is 2.29. The molecule has 0 amide bonds. The first-order valence-electron chi connectivity index (χ1n) is 6.48. The van der Waals surface area contributed by atoms with Crippen molar-refractivity contribution in [2.24, 2.45) is 0 Å². The summed E-state index contributed by atoms with van der Waals surface area (Å²) in [4.78, 5) is 1.92. The largest absolute Gasteiger partial charge is 0.507 e. The predicted molar refractivity (Wildman–Crippen MR) is 70.0 cm³/mol. The van der Waals surface area contributed by atoms with E-state index >= 15 is 0 Å². The summed E-state index contributed by atoms with van der Waals surface area (Å²) < 4.78 is 40.5. The molecule has 0 radical (unpaired) electrons. The molecule has 0 spiro atoms. The lowest BCUT2D eigenvalue weighted by Crippen LogP contribution is -2.45. The standard InChI is InChI=1S/C14H17F3N2O/c1-2-3-10(19-6-4-18-5-7-19)12-11(20)8-9(15)13(16)14(12)17/h2,8,10,18,20H,1,3-7H2/t10-/m1/s1. The lowest BCUT2D eigenvalue weighted by molar-refractivity contribution is 0.167. The number of rotatable bonds is 4. The number of nitrogens with one attached hydrogen (secondary N) is 1. The fourth-order valence-corrected chi connectivity index (χ4v) is 2.51. The SMILES string of the molecule is C=CC[C@H](c1c(O)cc(F)c(F)c1F)N1CCNCC1. The Morgan fingerprint density at radius 3 is 2.55 bits per heavy atom. The minimum absolute atomic E-state index is 0.203. The number of phenols is 1. The van der Waals surface area contributed by atoms with E-state index in [1.165, 1.54) is 0 Å². The molecule has 0 aromatic heterocycles. The Balaban J connectivity index is 2.43. The summed E-state index contributed by atoms with van der Waals surface area (Å²) in [7, 11) is 0. The van der Waals surface area contributed by atoms with Gasteiger partial charge < -0.3 is 10.4 Å². The second kappa shape index (κ2) is 6.28. The van der Waals surface area contributed by atoms with Gasteiger partial charge in [-0.05, 0) is 6.42 Å². The van der Waals surface area contributed by atoms with Gasteiger partial charge in [-0.3, -0.25) is 4.90 Å². The van der Waals surface area contributed by atoms with Crippen molar-refractivity contribution in [1.82, 2.24) is 10.2 Å². The molecule has 0 unspecified atom stereocenters. The Bertz CT molecular complexity index is 502. The van der Waals surface area contributed by atoms with Crippen LogP contribution in [0.3, 0.4) is 0 Å². The molecular formula is C14H17F3N2O. The summed E-state index contributed by atoms with van der Waals surface area (Å²) in [6.07, 6.45) is 1.92. The van der Waals surface area contributed by atoms with Crippen LogP contribution in [0.1, 0.15) is 18.0 Å². The van der Waals surface area contributed by atoms with Crippen LogP contribution < -0.4 is 5.32 Å². The fraction of sp³-hybridized carbons (Fsp3) is 0.429. The average molecular weight is 286 g/mol. The topological polar surface area (TPSA) is 35.5 Å². The number of aromatic hydroxyl groups is 1. The minimum atomic E-state index is -1.55. The van der Waals surface area contributed by atoms with Crippen molar-refractivity contribution < 1.29 is 18.3 Å². The van der Waals surface area contributed by atoms with Gasteiger partial charge in [-0.15, -0.1) is 6.58 Å². The van der Waals surface area contributed by atoms with Gasteiger partial charge in [0.1, 0.15) is 5.75 Å². The van der Waals surface area contributed by atoms with Crippen LogP contribution in [0.15, 0.2) is 18.7 Å². The van der Waals surface area contributed by atoms with Crippen LogP contribution in [0.5, 0.6) is 5.75 Å². The van der Waals surface area contributed by atoms with Crippen molar-refractivity contribution in [3.05, 3.63) is 41.7 Å². The highest BCUT2D eigenvalue weighted by atomic mass is 19.2. The summed E-state index contributed by atoms with van der Waals surface area (Å²) in [5.74, 6) is -4.83. The number of phenolic OH excluding ortho intramolecular Hbond substituents is 1. The monoisotopic (exact) mass is 286 g/mol. The van der Waals surface area contributed by atoms with Gasteiger partial charge in [-0.2, -0.15) is 0 Å². The van der Waals surface area contributed by atoms with Crippen LogP contribution in [0.2, 0.25) is 0 Å². The van der Waals surface area contributed by atoms with Gasteiger partial charge in [0.05, 0.1) is 5.56 Å². The Morgan fingerprint density at radius 2 is 1.95 bits per heavy atom. The maximum absolute atomic E-state index is 14.0. The van der Waals surface area contributed by atoms with Crippen molar-refractivity contribution in [3.8, 4) is 5.75 Å². The van der Waals surface area contributed by atoms with Gasteiger partial charge >= 0.3 is 0 Å². The fourth-order valence-electron chi connectivity index (χ4n) is 2.51. The molecule has 0 saturated carbocycles. The molecule has 2 N–H and O–H groups in total. The lowest BCUT2D eigenvalue weighted by Gasteiger charge is -2.35. The molecule has 1 atom stereocenters. The highest BCUT2D eigenvalue weighted by Crippen LogP contribution is 2.36. The van der Waals surface area contributed by atoms with Gasteiger partial charge in [-0.25, -0.2) is 13.2 Å². The summed E-state index contributed by atoms with van der Waals surface area (Å²) in [5, 5.41) is 13.0. The second-order valence-electron chi connectivity index (χ2n) is 4.75. The zero-order chi connectivity index (χ0) is 14.7. The highest BCUT2D eigenvalue weighted by molar-refractivity contribution is 5.38.